The molecule has 1 atom stereocenters. The van der Waals surface area contributed by atoms with Crippen molar-refractivity contribution in [2.24, 2.45) is 0 Å². The van der Waals surface area contributed by atoms with E-state index in [0.29, 0.717) is 54.5 Å². The summed E-state index contributed by atoms with van der Waals surface area (Å²) in [5.41, 5.74) is 3.99. The standard InChI is InChI=1S/C33H42F3N9O2S2/c1-22(43-11-13-44(14-12-43)49(46,47)41(3)4)19-45-26(18-37)15-28-23(2)24(5-6-30(28)45)20-42-9-7-25(8-10-42)40-31-29-16-27(17-33(34,35)36)48-32(29)39-21-38-31/h5-6,15-16,21-22,25H,7-14,17,19-20H2,1-4H3,(H,38,39,40)/t22-/m0/s1. The van der Waals surface area contributed by atoms with Gasteiger partial charge < -0.3 is 9.88 Å². The van der Waals surface area contributed by atoms with E-state index in [1.54, 1.807) is 20.2 Å². The van der Waals surface area contributed by atoms with E-state index in [4.69, 9.17) is 0 Å². The molecule has 1 aromatic carbocycles. The minimum Gasteiger partial charge on any atom is -0.367 e. The largest absolute Gasteiger partial charge is 0.393 e. The number of aromatic nitrogens is 3. The number of alkyl halides is 3. The Morgan fingerprint density at radius 2 is 1.80 bits per heavy atom. The van der Waals surface area contributed by atoms with Gasteiger partial charge in [-0.3, -0.25) is 9.80 Å². The summed E-state index contributed by atoms with van der Waals surface area (Å²) >= 11 is 1.06. The third kappa shape index (κ3) is 7.72. The predicted molar refractivity (Wildman–Crippen MR) is 186 cm³/mol. The summed E-state index contributed by atoms with van der Waals surface area (Å²) in [5, 5.41) is 15.2. The van der Waals surface area contributed by atoms with E-state index in [0.717, 1.165) is 60.3 Å². The lowest BCUT2D eigenvalue weighted by molar-refractivity contribution is -0.126. The lowest BCUT2D eigenvalue weighted by atomic mass is 10.0. The Labute approximate surface area is 289 Å². The van der Waals surface area contributed by atoms with Crippen LogP contribution >= 0.6 is 11.3 Å². The molecule has 6 rings (SSSR count). The third-order valence-corrected chi connectivity index (χ3v) is 12.8. The number of halogens is 3. The molecule has 1 N–H and O–H groups in total. The van der Waals surface area contributed by atoms with Crippen LogP contribution in [-0.2, 0) is 29.7 Å². The first-order valence-electron chi connectivity index (χ1n) is 16.5. The average molecular weight is 718 g/mol. The minimum absolute atomic E-state index is 0.113. The van der Waals surface area contributed by atoms with Crippen molar-refractivity contribution in [3.8, 4) is 6.07 Å². The van der Waals surface area contributed by atoms with E-state index in [-0.39, 0.29) is 17.0 Å². The lowest BCUT2D eigenvalue weighted by Crippen LogP contribution is -2.54. The number of nitrogens with one attached hydrogen (secondary N) is 1. The molecule has 0 bridgehead atoms. The number of aryl methyl sites for hydroxylation is 1. The van der Waals surface area contributed by atoms with Crippen molar-refractivity contribution in [2.75, 3.05) is 58.7 Å². The number of hydrogen-bond acceptors (Lipinski definition) is 9. The number of likely N-dealkylation sites (tertiary alicyclic amines) is 1. The summed E-state index contributed by atoms with van der Waals surface area (Å²) in [7, 11) is -0.334. The highest BCUT2D eigenvalue weighted by Crippen LogP contribution is 2.34. The number of hydrogen-bond donors (Lipinski definition) is 1. The first-order valence-corrected chi connectivity index (χ1v) is 18.7. The minimum atomic E-state index is -4.27. The van der Waals surface area contributed by atoms with Crippen LogP contribution in [0.4, 0.5) is 19.0 Å². The molecule has 2 saturated heterocycles. The second kappa shape index (κ2) is 14.1. The van der Waals surface area contributed by atoms with Gasteiger partial charge in [-0.25, -0.2) is 9.97 Å². The van der Waals surface area contributed by atoms with Crippen LogP contribution < -0.4 is 5.32 Å². The van der Waals surface area contributed by atoms with Crippen LogP contribution in [0, 0.1) is 18.3 Å². The zero-order valence-corrected chi connectivity index (χ0v) is 29.8. The number of piperidine rings is 1. The van der Waals surface area contributed by atoms with Gasteiger partial charge in [-0.05, 0) is 56.0 Å². The van der Waals surface area contributed by atoms with Gasteiger partial charge in [-0.1, -0.05) is 6.07 Å². The molecule has 4 aromatic rings. The zero-order valence-electron chi connectivity index (χ0n) is 28.2. The molecular weight excluding hydrogens is 676 g/mol. The summed E-state index contributed by atoms with van der Waals surface area (Å²) < 4.78 is 68.8. The van der Waals surface area contributed by atoms with E-state index in [1.165, 1.54) is 20.5 Å². The molecule has 0 saturated carbocycles. The van der Waals surface area contributed by atoms with Crippen LogP contribution in [0.1, 0.15) is 41.5 Å². The number of anilines is 1. The highest BCUT2D eigenvalue weighted by atomic mass is 32.2. The Kier molecular flexibility index (Phi) is 10.2. The number of thiophene rings is 1. The molecule has 49 heavy (non-hydrogen) atoms. The van der Waals surface area contributed by atoms with Gasteiger partial charge in [0.05, 0.1) is 11.8 Å². The van der Waals surface area contributed by atoms with Crippen LogP contribution in [0.15, 0.2) is 30.6 Å². The van der Waals surface area contributed by atoms with Gasteiger partial charge in [0, 0.05) is 94.3 Å². The molecule has 5 heterocycles. The summed E-state index contributed by atoms with van der Waals surface area (Å²) in [6.07, 6.45) is -2.09. The Bertz CT molecular complexity index is 1950. The van der Waals surface area contributed by atoms with Crippen molar-refractivity contribution in [3.05, 3.63) is 52.3 Å². The molecule has 16 heteroatoms. The Morgan fingerprint density at radius 1 is 1.08 bits per heavy atom. The Balaban J connectivity index is 1.08. The fourth-order valence-electron chi connectivity index (χ4n) is 6.94. The van der Waals surface area contributed by atoms with Crippen LogP contribution in [-0.4, -0.2) is 113 Å². The second-order valence-electron chi connectivity index (χ2n) is 13.2. The SMILES string of the molecule is Cc1c(CN2CCC(Nc3ncnc4sc(CC(F)(F)F)cc34)CC2)ccc2c1cc(C#N)n2C[C@H](C)N1CCN(S(=O)(=O)N(C)C)CC1. The van der Waals surface area contributed by atoms with Crippen molar-refractivity contribution < 1.29 is 21.6 Å². The zero-order chi connectivity index (χ0) is 35.1. The highest BCUT2D eigenvalue weighted by Gasteiger charge is 2.31. The first kappa shape index (κ1) is 35.5. The van der Waals surface area contributed by atoms with E-state index < -0.39 is 22.8 Å². The molecule has 2 aliphatic rings. The molecule has 0 radical (unpaired) electrons. The van der Waals surface area contributed by atoms with Gasteiger partial charge >= 0.3 is 6.18 Å². The van der Waals surface area contributed by atoms with Crippen molar-refractivity contribution in [2.45, 2.75) is 64.5 Å². The molecular formula is C33H42F3N9O2S2. The van der Waals surface area contributed by atoms with E-state index in [9.17, 15) is 26.9 Å². The molecule has 2 fully saturated rings. The van der Waals surface area contributed by atoms with Gasteiger partial charge in [0.25, 0.3) is 10.2 Å². The lowest BCUT2D eigenvalue weighted by Gasteiger charge is -2.38. The summed E-state index contributed by atoms with van der Waals surface area (Å²) in [5.74, 6) is 0.584. The molecule has 3 aromatic heterocycles. The van der Waals surface area contributed by atoms with Crippen LogP contribution in [0.5, 0.6) is 0 Å². The Morgan fingerprint density at radius 3 is 2.45 bits per heavy atom. The maximum atomic E-state index is 13.0. The normalized spacial score (nSPS) is 18.4. The number of nitrogens with zero attached hydrogens (tertiary/aromatic N) is 8. The molecule has 264 valence electrons. The summed E-state index contributed by atoms with van der Waals surface area (Å²) in [6.45, 7) is 9.49. The molecule has 2 aliphatic heterocycles. The van der Waals surface area contributed by atoms with Gasteiger partial charge in [0.2, 0.25) is 0 Å². The summed E-state index contributed by atoms with van der Waals surface area (Å²) in [6, 6.07) is 10.4. The molecule has 0 spiro atoms. The molecule has 0 aliphatic carbocycles. The second-order valence-corrected chi connectivity index (χ2v) is 16.5. The molecule has 0 amide bonds. The first-order chi connectivity index (χ1) is 23.2. The third-order valence-electron chi connectivity index (χ3n) is 9.79. The van der Waals surface area contributed by atoms with Crippen LogP contribution in [0.3, 0.4) is 0 Å². The monoisotopic (exact) mass is 717 g/mol. The number of fused-ring (bicyclic) bond motifs is 2. The summed E-state index contributed by atoms with van der Waals surface area (Å²) in [4.78, 5) is 14.0. The van der Waals surface area contributed by atoms with Crippen LogP contribution in [0.2, 0.25) is 0 Å². The van der Waals surface area contributed by atoms with Gasteiger partial charge in [0.15, 0.2) is 0 Å². The van der Waals surface area contributed by atoms with E-state index in [1.807, 2.05) is 6.07 Å². The molecule has 11 nitrogen and oxygen atoms in total. The maximum Gasteiger partial charge on any atom is 0.393 e. The number of piperazine rings is 1. The van der Waals surface area contributed by atoms with E-state index in [2.05, 4.69) is 61.7 Å². The predicted octanol–water partition coefficient (Wildman–Crippen LogP) is 4.82. The van der Waals surface area contributed by atoms with Crippen molar-refractivity contribution in [3.63, 3.8) is 0 Å². The average Bonchev–Trinajstić information content (AvgIpc) is 3.63. The number of nitriles is 1. The fraction of sp³-hybridized carbons (Fsp3) is 0.545. The van der Waals surface area contributed by atoms with Gasteiger partial charge in [-0.15, -0.1) is 11.3 Å². The topological polar surface area (TPSA) is 114 Å². The van der Waals surface area contributed by atoms with Crippen molar-refractivity contribution in [1.29, 1.82) is 5.26 Å². The highest BCUT2D eigenvalue weighted by molar-refractivity contribution is 7.86. The van der Waals surface area contributed by atoms with Crippen LogP contribution in [0.25, 0.3) is 21.1 Å². The van der Waals surface area contributed by atoms with Gasteiger partial charge in [-0.2, -0.15) is 35.5 Å². The smallest absolute Gasteiger partial charge is 0.367 e. The maximum absolute atomic E-state index is 13.0. The number of benzene rings is 1. The van der Waals surface area contributed by atoms with Crippen molar-refractivity contribution in [1.82, 2.24) is 32.9 Å². The van der Waals surface area contributed by atoms with E-state index >= 15 is 0 Å². The number of rotatable bonds is 10. The van der Waals surface area contributed by atoms with Gasteiger partial charge in [0.1, 0.15) is 28.7 Å². The quantitative estimate of drug-likeness (QED) is 0.249. The fourth-order valence-corrected chi connectivity index (χ4v) is 9.06. The Hall–Kier alpha value is -3.33. The van der Waals surface area contributed by atoms with Crippen molar-refractivity contribution >= 4 is 48.5 Å². The molecule has 0 unspecified atom stereocenters.